The van der Waals surface area contributed by atoms with Gasteiger partial charge in [-0.25, -0.2) is 0 Å². The molecule has 0 radical (unpaired) electrons. The molecule has 68 valence electrons. The van der Waals surface area contributed by atoms with Crippen LogP contribution >= 0.6 is 0 Å². The molecule has 1 fully saturated rings. The number of likely N-dealkylation sites (N-methyl/N-ethyl adjacent to an activating group) is 1. The molecule has 0 spiro atoms. The Balaban J connectivity index is 2.37. The van der Waals surface area contributed by atoms with Crippen molar-refractivity contribution in [2.45, 2.75) is 32.2 Å². The third-order valence-electron chi connectivity index (χ3n) is 2.47. The van der Waals surface area contributed by atoms with E-state index in [-0.39, 0.29) is 0 Å². The van der Waals surface area contributed by atoms with E-state index in [4.69, 9.17) is 5.26 Å². The summed E-state index contributed by atoms with van der Waals surface area (Å²) in [5.41, 5.74) is 0. The Morgan fingerprint density at radius 3 is 3.08 bits per heavy atom. The number of hydrogen-bond acceptors (Lipinski definition) is 3. The third-order valence-corrected chi connectivity index (χ3v) is 2.47. The highest BCUT2D eigenvalue weighted by atomic mass is 15.1. The van der Waals surface area contributed by atoms with Crippen molar-refractivity contribution in [2.24, 2.45) is 0 Å². The minimum absolute atomic E-state index is 0.387. The van der Waals surface area contributed by atoms with Gasteiger partial charge in [0.25, 0.3) is 0 Å². The number of hydrogen-bond donors (Lipinski definition) is 1. The maximum atomic E-state index is 8.49. The molecule has 0 bridgehead atoms. The van der Waals surface area contributed by atoms with Gasteiger partial charge in [-0.15, -0.1) is 0 Å². The molecule has 12 heavy (non-hydrogen) atoms. The van der Waals surface area contributed by atoms with Crippen LogP contribution in [-0.2, 0) is 0 Å². The van der Waals surface area contributed by atoms with Crippen molar-refractivity contribution in [3.63, 3.8) is 0 Å². The van der Waals surface area contributed by atoms with E-state index in [1.54, 1.807) is 0 Å². The zero-order valence-corrected chi connectivity index (χ0v) is 7.71. The molecule has 1 aliphatic heterocycles. The lowest BCUT2D eigenvalue weighted by atomic mass is 10.1. The topological polar surface area (TPSA) is 39.1 Å². The number of nitrogens with zero attached hydrogens (tertiary/aromatic N) is 2. The summed E-state index contributed by atoms with van der Waals surface area (Å²) in [6.07, 6.45) is 5.70. The molecule has 0 aliphatic carbocycles. The minimum atomic E-state index is 0.387. The summed E-state index contributed by atoms with van der Waals surface area (Å²) in [5, 5.41) is 11.3. The van der Waals surface area contributed by atoms with Gasteiger partial charge < -0.3 is 10.2 Å². The molecule has 0 saturated carbocycles. The number of likely N-dealkylation sites (tertiary alicyclic amines) is 1. The van der Waals surface area contributed by atoms with Gasteiger partial charge in [0.05, 0.1) is 0 Å². The fourth-order valence-corrected chi connectivity index (χ4v) is 1.72. The normalized spacial score (nSPS) is 25.8. The SMILES string of the molecule is CCN1CCCCC(NC#N)C1. The van der Waals surface area contributed by atoms with Crippen molar-refractivity contribution in [1.82, 2.24) is 10.2 Å². The predicted octanol–water partition coefficient (Wildman–Crippen LogP) is 0.931. The summed E-state index contributed by atoms with van der Waals surface area (Å²) in [6, 6.07) is 0.387. The second-order valence-electron chi connectivity index (χ2n) is 3.34. The van der Waals surface area contributed by atoms with E-state index in [1.165, 1.54) is 19.4 Å². The fraction of sp³-hybridized carbons (Fsp3) is 0.889. The molecule has 1 unspecified atom stereocenters. The zero-order chi connectivity index (χ0) is 8.81. The van der Waals surface area contributed by atoms with Crippen LogP contribution in [0.1, 0.15) is 26.2 Å². The van der Waals surface area contributed by atoms with Gasteiger partial charge in [0.1, 0.15) is 0 Å². The lowest BCUT2D eigenvalue weighted by molar-refractivity contribution is 0.279. The first-order chi connectivity index (χ1) is 5.86. The maximum Gasteiger partial charge on any atom is 0.176 e. The predicted molar refractivity (Wildman–Crippen MR) is 48.5 cm³/mol. The van der Waals surface area contributed by atoms with Crippen molar-refractivity contribution in [1.29, 1.82) is 5.26 Å². The first kappa shape index (κ1) is 9.34. The Bertz CT molecular complexity index is 162. The van der Waals surface area contributed by atoms with Gasteiger partial charge in [-0.2, -0.15) is 5.26 Å². The molecule has 1 aliphatic rings. The molecule has 1 saturated heterocycles. The first-order valence-electron chi connectivity index (χ1n) is 4.73. The molecule has 1 N–H and O–H groups in total. The van der Waals surface area contributed by atoms with Crippen LogP contribution in [0.3, 0.4) is 0 Å². The average Bonchev–Trinajstić information content (AvgIpc) is 2.30. The van der Waals surface area contributed by atoms with E-state index < -0.39 is 0 Å². The largest absolute Gasteiger partial charge is 0.319 e. The summed E-state index contributed by atoms with van der Waals surface area (Å²) >= 11 is 0. The number of rotatable bonds is 2. The average molecular weight is 167 g/mol. The van der Waals surface area contributed by atoms with Gasteiger partial charge in [0, 0.05) is 12.6 Å². The summed E-state index contributed by atoms with van der Waals surface area (Å²) in [4.78, 5) is 2.40. The fourth-order valence-electron chi connectivity index (χ4n) is 1.72. The van der Waals surface area contributed by atoms with Crippen LogP contribution in [0.2, 0.25) is 0 Å². The molecule has 1 heterocycles. The lowest BCUT2D eigenvalue weighted by Crippen LogP contribution is -2.37. The van der Waals surface area contributed by atoms with Crippen LogP contribution in [0.25, 0.3) is 0 Å². The van der Waals surface area contributed by atoms with Crippen LogP contribution < -0.4 is 5.32 Å². The highest BCUT2D eigenvalue weighted by molar-refractivity contribution is 4.81. The monoisotopic (exact) mass is 167 g/mol. The quantitative estimate of drug-likeness (QED) is 0.491. The Morgan fingerprint density at radius 2 is 2.42 bits per heavy atom. The minimum Gasteiger partial charge on any atom is -0.319 e. The molecule has 1 rings (SSSR count). The van der Waals surface area contributed by atoms with Crippen LogP contribution in [0.4, 0.5) is 0 Å². The van der Waals surface area contributed by atoms with Gasteiger partial charge in [-0.3, -0.25) is 0 Å². The molecular formula is C9H17N3. The molecule has 0 amide bonds. The van der Waals surface area contributed by atoms with Crippen LogP contribution in [0.15, 0.2) is 0 Å². The number of nitriles is 1. The van der Waals surface area contributed by atoms with E-state index in [0.29, 0.717) is 6.04 Å². The highest BCUT2D eigenvalue weighted by Gasteiger charge is 2.15. The van der Waals surface area contributed by atoms with E-state index in [0.717, 1.165) is 19.5 Å². The third kappa shape index (κ3) is 2.71. The Kier molecular flexibility index (Phi) is 3.89. The van der Waals surface area contributed by atoms with Gasteiger partial charge in [-0.05, 0) is 25.9 Å². The second kappa shape index (κ2) is 5.00. The Labute approximate surface area is 74.4 Å². The molecule has 0 aromatic carbocycles. The van der Waals surface area contributed by atoms with Crippen molar-refractivity contribution >= 4 is 0 Å². The van der Waals surface area contributed by atoms with Crippen molar-refractivity contribution in [3.05, 3.63) is 0 Å². The van der Waals surface area contributed by atoms with Gasteiger partial charge in [0.2, 0.25) is 0 Å². The van der Waals surface area contributed by atoms with Crippen molar-refractivity contribution in [3.8, 4) is 6.19 Å². The molecule has 0 aromatic heterocycles. The Morgan fingerprint density at radius 1 is 1.58 bits per heavy atom. The second-order valence-corrected chi connectivity index (χ2v) is 3.34. The highest BCUT2D eigenvalue weighted by Crippen LogP contribution is 2.09. The molecular weight excluding hydrogens is 150 g/mol. The standard InChI is InChI=1S/C9H17N3/c1-2-12-6-4-3-5-9(7-12)11-8-10/h9,11H,2-7H2,1H3. The van der Waals surface area contributed by atoms with E-state index in [2.05, 4.69) is 17.1 Å². The van der Waals surface area contributed by atoms with Crippen molar-refractivity contribution < 1.29 is 0 Å². The molecule has 1 atom stereocenters. The van der Waals surface area contributed by atoms with Crippen LogP contribution in [0, 0.1) is 11.5 Å². The molecule has 0 aromatic rings. The maximum absolute atomic E-state index is 8.49. The first-order valence-corrected chi connectivity index (χ1v) is 4.73. The van der Waals surface area contributed by atoms with Gasteiger partial charge in [-0.1, -0.05) is 13.3 Å². The van der Waals surface area contributed by atoms with E-state index >= 15 is 0 Å². The van der Waals surface area contributed by atoms with E-state index in [1.807, 2.05) is 6.19 Å². The molecule has 3 heteroatoms. The van der Waals surface area contributed by atoms with Crippen molar-refractivity contribution in [2.75, 3.05) is 19.6 Å². The Hall–Kier alpha value is -0.750. The lowest BCUT2D eigenvalue weighted by Gasteiger charge is -2.21. The van der Waals surface area contributed by atoms with Gasteiger partial charge in [0.15, 0.2) is 6.19 Å². The summed E-state index contributed by atoms with van der Waals surface area (Å²) in [7, 11) is 0. The van der Waals surface area contributed by atoms with Crippen LogP contribution in [0.5, 0.6) is 0 Å². The number of nitrogens with one attached hydrogen (secondary N) is 1. The van der Waals surface area contributed by atoms with E-state index in [9.17, 15) is 0 Å². The summed E-state index contributed by atoms with van der Waals surface area (Å²) in [6.45, 7) is 5.50. The molecule has 3 nitrogen and oxygen atoms in total. The zero-order valence-electron chi connectivity index (χ0n) is 7.71. The smallest absolute Gasteiger partial charge is 0.176 e. The summed E-state index contributed by atoms with van der Waals surface area (Å²) < 4.78 is 0. The summed E-state index contributed by atoms with van der Waals surface area (Å²) in [5.74, 6) is 0. The van der Waals surface area contributed by atoms with Gasteiger partial charge >= 0.3 is 0 Å². The van der Waals surface area contributed by atoms with Crippen LogP contribution in [-0.4, -0.2) is 30.6 Å².